The minimum atomic E-state index is 0.0899. The maximum atomic E-state index is 12.4. The van der Waals surface area contributed by atoms with Crippen molar-refractivity contribution in [1.82, 2.24) is 15.3 Å². The van der Waals surface area contributed by atoms with Gasteiger partial charge in [-0.15, -0.1) is 0 Å². The third-order valence-electron chi connectivity index (χ3n) is 4.69. The summed E-state index contributed by atoms with van der Waals surface area (Å²) in [6, 6.07) is 2.19. The number of amides is 1. The number of nitrogens with zero attached hydrogens (tertiary/aromatic N) is 3. The van der Waals surface area contributed by atoms with Crippen LogP contribution < -0.4 is 16.0 Å². The Morgan fingerprint density at radius 2 is 2.05 bits per heavy atom. The summed E-state index contributed by atoms with van der Waals surface area (Å²) in [5.41, 5.74) is 5.99. The lowest BCUT2D eigenvalue weighted by Gasteiger charge is -2.34. The number of aromatic nitrogens is 2. The molecule has 1 aliphatic carbocycles. The molecule has 3 N–H and O–H groups in total. The van der Waals surface area contributed by atoms with Crippen molar-refractivity contribution < 1.29 is 4.79 Å². The predicted octanol–water partition coefficient (Wildman–Crippen LogP) is 1.08. The molecule has 1 saturated heterocycles. The summed E-state index contributed by atoms with van der Waals surface area (Å²) in [6.45, 7) is 1.74. The van der Waals surface area contributed by atoms with Crippen LogP contribution in [0.4, 0.5) is 5.95 Å². The van der Waals surface area contributed by atoms with E-state index in [0.717, 1.165) is 57.6 Å². The number of nitrogens with two attached hydrogens (primary N) is 1. The smallest absolute Gasteiger partial charge is 0.225 e. The van der Waals surface area contributed by atoms with E-state index in [0.29, 0.717) is 0 Å². The van der Waals surface area contributed by atoms with Gasteiger partial charge in [-0.2, -0.15) is 0 Å². The summed E-state index contributed by atoms with van der Waals surface area (Å²) in [5, 5.41) is 3.22. The summed E-state index contributed by atoms with van der Waals surface area (Å²) < 4.78 is 0. The van der Waals surface area contributed by atoms with Crippen LogP contribution in [0.5, 0.6) is 0 Å². The number of rotatable bonds is 3. The highest BCUT2D eigenvalue weighted by atomic mass is 16.2. The molecule has 6 heteroatoms. The van der Waals surface area contributed by atoms with Crippen LogP contribution in [-0.4, -0.2) is 41.0 Å². The molecule has 0 radical (unpaired) electrons. The normalized spacial score (nSPS) is 29.1. The zero-order valence-corrected chi connectivity index (χ0v) is 12.9. The van der Waals surface area contributed by atoms with E-state index < -0.39 is 0 Å². The third kappa shape index (κ3) is 3.74. The molecule has 1 amide bonds. The first kappa shape index (κ1) is 15.2. The molecule has 3 rings (SSSR count). The SMILES string of the molecule is NC1CCCC(C(=O)NC2CCCN(c3ncccn3)C2)C1. The van der Waals surface area contributed by atoms with E-state index in [1.807, 2.05) is 6.07 Å². The topological polar surface area (TPSA) is 84.1 Å². The largest absolute Gasteiger partial charge is 0.351 e. The fraction of sp³-hybridized carbons (Fsp3) is 0.688. The van der Waals surface area contributed by atoms with Gasteiger partial charge in [-0.05, 0) is 38.2 Å². The highest BCUT2D eigenvalue weighted by molar-refractivity contribution is 5.79. The summed E-state index contributed by atoms with van der Waals surface area (Å²) in [5.74, 6) is 1.02. The molecule has 6 nitrogen and oxygen atoms in total. The number of hydrogen-bond acceptors (Lipinski definition) is 5. The van der Waals surface area contributed by atoms with Gasteiger partial charge in [0, 0.05) is 43.5 Å². The minimum absolute atomic E-state index is 0.0899. The zero-order chi connectivity index (χ0) is 15.4. The summed E-state index contributed by atoms with van der Waals surface area (Å²) in [4.78, 5) is 23.2. The molecule has 1 saturated carbocycles. The van der Waals surface area contributed by atoms with Gasteiger partial charge < -0.3 is 16.0 Å². The second-order valence-corrected chi connectivity index (χ2v) is 6.47. The Labute approximate surface area is 131 Å². The highest BCUT2D eigenvalue weighted by Gasteiger charge is 2.29. The molecule has 1 aromatic heterocycles. The number of nitrogens with one attached hydrogen (secondary N) is 1. The number of piperidine rings is 1. The molecule has 2 heterocycles. The molecule has 1 aliphatic heterocycles. The van der Waals surface area contributed by atoms with Gasteiger partial charge >= 0.3 is 0 Å². The number of carbonyl (C=O) groups is 1. The Morgan fingerprint density at radius 3 is 2.82 bits per heavy atom. The van der Waals surface area contributed by atoms with Crippen LogP contribution in [0.3, 0.4) is 0 Å². The summed E-state index contributed by atoms with van der Waals surface area (Å²) in [6.07, 6.45) is 9.49. The molecule has 1 aromatic rings. The number of carbonyl (C=O) groups excluding carboxylic acids is 1. The Balaban J connectivity index is 1.55. The van der Waals surface area contributed by atoms with Gasteiger partial charge in [-0.1, -0.05) is 6.42 Å². The van der Waals surface area contributed by atoms with Crippen LogP contribution in [0.2, 0.25) is 0 Å². The highest BCUT2D eigenvalue weighted by Crippen LogP contribution is 2.24. The van der Waals surface area contributed by atoms with Gasteiger partial charge in [-0.3, -0.25) is 4.79 Å². The lowest BCUT2D eigenvalue weighted by molar-refractivity contribution is -0.126. The van der Waals surface area contributed by atoms with E-state index in [2.05, 4.69) is 20.2 Å². The Morgan fingerprint density at radius 1 is 1.23 bits per heavy atom. The predicted molar refractivity (Wildman–Crippen MR) is 85.3 cm³/mol. The first-order chi connectivity index (χ1) is 10.7. The van der Waals surface area contributed by atoms with Crippen molar-refractivity contribution in [3.63, 3.8) is 0 Å². The molecule has 0 bridgehead atoms. The minimum Gasteiger partial charge on any atom is -0.351 e. The third-order valence-corrected chi connectivity index (χ3v) is 4.69. The Kier molecular flexibility index (Phi) is 4.87. The van der Waals surface area contributed by atoms with E-state index in [1.165, 1.54) is 0 Å². The van der Waals surface area contributed by atoms with Crippen LogP contribution in [0.1, 0.15) is 38.5 Å². The first-order valence-corrected chi connectivity index (χ1v) is 8.30. The van der Waals surface area contributed by atoms with Crippen molar-refractivity contribution >= 4 is 11.9 Å². The molecule has 0 spiro atoms. The standard InChI is InChI=1S/C16H25N5O/c17-13-5-1-4-12(10-13)15(22)20-14-6-2-9-21(11-14)16-18-7-3-8-19-16/h3,7-8,12-14H,1-2,4-6,9-11,17H2,(H,20,22). The van der Waals surface area contributed by atoms with Crippen molar-refractivity contribution in [3.8, 4) is 0 Å². The van der Waals surface area contributed by atoms with E-state index in [1.54, 1.807) is 12.4 Å². The van der Waals surface area contributed by atoms with E-state index >= 15 is 0 Å². The molecule has 2 aliphatic rings. The number of anilines is 1. The Bertz CT molecular complexity index is 495. The molecule has 3 unspecified atom stereocenters. The fourth-order valence-corrected chi connectivity index (χ4v) is 3.52. The first-order valence-electron chi connectivity index (χ1n) is 8.30. The molecular weight excluding hydrogens is 278 g/mol. The second kappa shape index (κ2) is 7.05. The lowest BCUT2D eigenvalue weighted by Crippen LogP contribution is -2.50. The van der Waals surface area contributed by atoms with Crippen molar-refractivity contribution in [2.45, 2.75) is 50.6 Å². The van der Waals surface area contributed by atoms with Gasteiger partial charge in [-0.25, -0.2) is 9.97 Å². The van der Waals surface area contributed by atoms with Crippen molar-refractivity contribution in [2.24, 2.45) is 11.7 Å². The molecule has 0 aromatic carbocycles. The van der Waals surface area contributed by atoms with Crippen molar-refractivity contribution in [3.05, 3.63) is 18.5 Å². The Hall–Kier alpha value is -1.69. The lowest BCUT2D eigenvalue weighted by atomic mass is 9.85. The second-order valence-electron chi connectivity index (χ2n) is 6.47. The summed E-state index contributed by atoms with van der Waals surface area (Å²) >= 11 is 0. The van der Waals surface area contributed by atoms with Crippen molar-refractivity contribution in [1.29, 1.82) is 0 Å². The fourth-order valence-electron chi connectivity index (χ4n) is 3.52. The molecule has 120 valence electrons. The van der Waals surface area contributed by atoms with Crippen LogP contribution in [-0.2, 0) is 4.79 Å². The molecular formula is C16H25N5O. The van der Waals surface area contributed by atoms with Crippen LogP contribution in [0.25, 0.3) is 0 Å². The average Bonchev–Trinajstić information content (AvgIpc) is 2.56. The number of hydrogen-bond donors (Lipinski definition) is 2. The average molecular weight is 303 g/mol. The van der Waals surface area contributed by atoms with E-state index in [9.17, 15) is 4.79 Å². The van der Waals surface area contributed by atoms with Gasteiger partial charge in [0.1, 0.15) is 0 Å². The quantitative estimate of drug-likeness (QED) is 0.873. The maximum absolute atomic E-state index is 12.4. The molecule has 22 heavy (non-hydrogen) atoms. The van der Waals surface area contributed by atoms with Crippen LogP contribution in [0, 0.1) is 5.92 Å². The van der Waals surface area contributed by atoms with Gasteiger partial charge in [0.25, 0.3) is 0 Å². The van der Waals surface area contributed by atoms with Crippen molar-refractivity contribution in [2.75, 3.05) is 18.0 Å². The van der Waals surface area contributed by atoms with E-state index in [-0.39, 0.29) is 23.9 Å². The van der Waals surface area contributed by atoms with Gasteiger partial charge in [0.15, 0.2) is 0 Å². The molecule has 3 atom stereocenters. The monoisotopic (exact) mass is 303 g/mol. The summed E-state index contributed by atoms with van der Waals surface area (Å²) in [7, 11) is 0. The van der Waals surface area contributed by atoms with Gasteiger partial charge in [0.05, 0.1) is 0 Å². The van der Waals surface area contributed by atoms with Crippen LogP contribution >= 0.6 is 0 Å². The maximum Gasteiger partial charge on any atom is 0.225 e. The van der Waals surface area contributed by atoms with Crippen LogP contribution in [0.15, 0.2) is 18.5 Å². The van der Waals surface area contributed by atoms with Gasteiger partial charge in [0.2, 0.25) is 11.9 Å². The van der Waals surface area contributed by atoms with E-state index in [4.69, 9.17) is 5.73 Å². The molecule has 2 fully saturated rings. The zero-order valence-electron chi connectivity index (χ0n) is 12.9.